The molecule has 1 atom stereocenters. The second kappa shape index (κ2) is 10.4. The standard InChI is InChI=1S/C39H34N2/c1-3-39(4-2)35-25-27(13-19-31-21-17-29-9-5-7-11-37(29)40-31)15-23-33(35)34-24-16-28(26-36(34)39)14-20-32-22-18-30-10-6-8-12-38(30)41-32/h5-26,37,40H,3-4H2,1-2H3/b19-13+,20-14+. The van der Waals surface area contributed by atoms with Crippen molar-refractivity contribution in [3.8, 4) is 11.1 Å². The Kier molecular flexibility index (Phi) is 6.40. The molecule has 2 nitrogen and oxygen atoms in total. The largest absolute Gasteiger partial charge is 0.375 e. The van der Waals surface area contributed by atoms with Crippen LogP contribution in [0.5, 0.6) is 0 Å². The van der Waals surface area contributed by atoms with Crippen LogP contribution in [0.25, 0.3) is 40.3 Å². The third kappa shape index (κ3) is 4.50. The summed E-state index contributed by atoms with van der Waals surface area (Å²) in [6, 6.07) is 26.7. The Morgan fingerprint density at radius 3 is 2.24 bits per heavy atom. The van der Waals surface area contributed by atoms with Crippen LogP contribution in [0.2, 0.25) is 0 Å². The normalized spacial score (nSPS) is 18.2. The van der Waals surface area contributed by atoms with Crippen molar-refractivity contribution in [2.45, 2.75) is 38.1 Å². The number of pyridine rings is 1. The molecule has 3 aromatic carbocycles. The zero-order valence-electron chi connectivity index (χ0n) is 23.6. The zero-order chi connectivity index (χ0) is 27.8. The van der Waals surface area contributed by atoms with E-state index in [-0.39, 0.29) is 11.5 Å². The highest BCUT2D eigenvalue weighted by molar-refractivity contribution is 5.85. The SMILES string of the molecule is CCC1(CC)c2cc(/C=C/C3=CC=C4C=CC=CC4N3)ccc2-c2ccc(/C=C/c3ccc4ccccc4n3)cc21. The van der Waals surface area contributed by atoms with Crippen LogP contribution >= 0.6 is 0 Å². The molecule has 0 saturated heterocycles. The number of rotatable bonds is 6. The predicted octanol–water partition coefficient (Wildman–Crippen LogP) is 9.41. The van der Waals surface area contributed by atoms with Gasteiger partial charge in [-0.15, -0.1) is 0 Å². The number of aromatic nitrogens is 1. The molecule has 200 valence electrons. The number of nitrogens with one attached hydrogen (secondary N) is 1. The van der Waals surface area contributed by atoms with E-state index < -0.39 is 0 Å². The first-order valence-corrected chi connectivity index (χ1v) is 14.7. The lowest BCUT2D eigenvalue weighted by atomic mass is 9.73. The van der Waals surface area contributed by atoms with Crippen LogP contribution in [0.4, 0.5) is 0 Å². The van der Waals surface area contributed by atoms with Gasteiger partial charge < -0.3 is 5.32 Å². The molecule has 1 unspecified atom stereocenters. The van der Waals surface area contributed by atoms with Gasteiger partial charge in [-0.2, -0.15) is 0 Å². The quantitative estimate of drug-likeness (QED) is 0.269. The van der Waals surface area contributed by atoms with Crippen LogP contribution in [0, 0.1) is 0 Å². The Hall–Kier alpha value is -4.69. The minimum Gasteiger partial charge on any atom is -0.375 e. The summed E-state index contributed by atoms with van der Waals surface area (Å²) in [6.45, 7) is 4.67. The lowest BCUT2D eigenvalue weighted by Crippen LogP contribution is -2.30. The van der Waals surface area contributed by atoms with E-state index in [0.29, 0.717) is 0 Å². The third-order valence-electron chi connectivity index (χ3n) is 8.98. The molecule has 2 heterocycles. The average Bonchev–Trinajstić information content (AvgIpc) is 3.31. The zero-order valence-corrected chi connectivity index (χ0v) is 23.6. The Labute approximate surface area is 242 Å². The van der Waals surface area contributed by atoms with Crippen molar-refractivity contribution in [1.82, 2.24) is 10.3 Å². The molecule has 0 fully saturated rings. The predicted molar refractivity (Wildman–Crippen MR) is 174 cm³/mol. The van der Waals surface area contributed by atoms with Gasteiger partial charge in [0.2, 0.25) is 0 Å². The van der Waals surface area contributed by atoms with Crippen molar-refractivity contribution in [2.75, 3.05) is 0 Å². The van der Waals surface area contributed by atoms with Gasteiger partial charge in [0.05, 0.1) is 17.3 Å². The molecule has 1 aliphatic heterocycles. The number of hydrogen-bond donors (Lipinski definition) is 1. The molecule has 41 heavy (non-hydrogen) atoms. The summed E-state index contributed by atoms with van der Waals surface area (Å²) in [5.74, 6) is 0. The minimum atomic E-state index is 0.0127. The molecule has 0 amide bonds. The van der Waals surface area contributed by atoms with Gasteiger partial charge in [-0.05, 0) is 82.2 Å². The van der Waals surface area contributed by atoms with Gasteiger partial charge in [0.15, 0.2) is 0 Å². The average molecular weight is 531 g/mol. The fourth-order valence-corrected chi connectivity index (χ4v) is 6.66. The summed E-state index contributed by atoms with van der Waals surface area (Å²) in [6.07, 6.45) is 23.9. The smallest absolute Gasteiger partial charge is 0.0709 e. The van der Waals surface area contributed by atoms with Crippen molar-refractivity contribution in [2.24, 2.45) is 0 Å². The van der Waals surface area contributed by atoms with E-state index in [9.17, 15) is 0 Å². The molecule has 1 aromatic heterocycles. The Balaban J connectivity index is 1.19. The third-order valence-corrected chi connectivity index (χ3v) is 8.98. The molecule has 0 radical (unpaired) electrons. The van der Waals surface area contributed by atoms with Crippen LogP contribution in [-0.2, 0) is 5.41 Å². The maximum absolute atomic E-state index is 4.83. The summed E-state index contributed by atoms with van der Waals surface area (Å²) in [4.78, 5) is 4.83. The number of dihydropyridines is 1. The van der Waals surface area contributed by atoms with Gasteiger partial charge in [-0.1, -0.05) is 117 Å². The van der Waals surface area contributed by atoms with Gasteiger partial charge in [0, 0.05) is 16.5 Å². The molecule has 7 rings (SSSR count). The highest BCUT2D eigenvalue weighted by Crippen LogP contribution is 2.53. The van der Waals surface area contributed by atoms with Crippen molar-refractivity contribution < 1.29 is 0 Å². The number of hydrogen-bond acceptors (Lipinski definition) is 2. The molecule has 0 saturated carbocycles. The molecule has 2 heteroatoms. The molecule has 4 aromatic rings. The van der Waals surface area contributed by atoms with Crippen molar-refractivity contribution in [3.63, 3.8) is 0 Å². The van der Waals surface area contributed by atoms with E-state index in [4.69, 9.17) is 4.98 Å². The molecule has 2 aliphatic carbocycles. The number of allylic oxidation sites excluding steroid dienone is 5. The minimum absolute atomic E-state index is 0.0127. The first kappa shape index (κ1) is 25.3. The summed E-state index contributed by atoms with van der Waals surface area (Å²) < 4.78 is 0. The first-order chi connectivity index (χ1) is 20.2. The van der Waals surface area contributed by atoms with Gasteiger partial charge in [-0.25, -0.2) is 4.98 Å². The maximum atomic E-state index is 4.83. The first-order valence-electron chi connectivity index (χ1n) is 14.7. The topological polar surface area (TPSA) is 24.9 Å². The van der Waals surface area contributed by atoms with Crippen LogP contribution in [0.3, 0.4) is 0 Å². The lowest BCUT2D eigenvalue weighted by molar-refractivity contribution is 0.490. The van der Waals surface area contributed by atoms with Crippen LogP contribution in [-0.4, -0.2) is 11.0 Å². The Bertz CT molecular complexity index is 1840. The lowest BCUT2D eigenvalue weighted by Gasteiger charge is -2.30. The molecule has 0 spiro atoms. The number of fused-ring (bicyclic) bond motifs is 5. The fraction of sp³-hybridized carbons (Fsp3) is 0.154. The summed E-state index contributed by atoms with van der Waals surface area (Å²) >= 11 is 0. The summed E-state index contributed by atoms with van der Waals surface area (Å²) in [5, 5.41) is 4.79. The molecule has 3 aliphatic rings. The molecule has 1 N–H and O–H groups in total. The van der Waals surface area contributed by atoms with Gasteiger partial charge >= 0.3 is 0 Å². The Morgan fingerprint density at radius 1 is 0.756 bits per heavy atom. The van der Waals surface area contributed by atoms with Crippen molar-refractivity contribution in [1.29, 1.82) is 0 Å². The van der Waals surface area contributed by atoms with Gasteiger partial charge in [-0.3, -0.25) is 0 Å². The van der Waals surface area contributed by atoms with Crippen LogP contribution in [0.15, 0.2) is 127 Å². The number of para-hydroxylation sites is 1. The highest BCUT2D eigenvalue weighted by atomic mass is 14.9. The number of nitrogens with zero attached hydrogens (tertiary/aromatic N) is 1. The Morgan fingerprint density at radius 2 is 1.49 bits per heavy atom. The molecular formula is C39H34N2. The monoisotopic (exact) mass is 530 g/mol. The molecular weight excluding hydrogens is 496 g/mol. The van der Waals surface area contributed by atoms with E-state index in [2.05, 4.69) is 147 Å². The van der Waals surface area contributed by atoms with E-state index in [1.807, 2.05) is 6.07 Å². The van der Waals surface area contributed by atoms with Crippen LogP contribution < -0.4 is 5.32 Å². The summed E-state index contributed by atoms with van der Waals surface area (Å²) in [7, 11) is 0. The van der Waals surface area contributed by atoms with E-state index in [0.717, 1.165) is 29.7 Å². The van der Waals surface area contributed by atoms with E-state index >= 15 is 0 Å². The van der Waals surface area contributed by atoms with Gasteiger partial charge in [0.25, 0.3) is 0 Å². The molecule has 0 bridgehead atoms. The van der Waals surface area contributed by atoms with Crippen molar-refractivity contribution in [3.05, 3.63) is 155 Å². The number of benzene rings is 3. The second-order valence-electron chi connectivity index (χ2n) is 11.1. The van der Waals surface area contributed by atoms with Crippen LogP contribution in [0.1, 0.15) is 54.6 Å². The van der Waals surface area contributed by atoms with Gasteiger partial charge in [0.1, 0.15) is 0 Å². The van der Waals surface area contributed by atoms with E-state index in [1.165, 1.54) is 44.3 Å². The van der Waals surface area contributed by atoms with Crippen molar-refractivity contribution >= 4 is 29.1 Å². The highest BCUT2D eigenvalue weighted by Gasteiger charge is 2.40. The second-order valence-corrected chi connectivity index (χ2v) is 11.1. The summed E-state index contributed by atoms with van der Waals surface area (Å²) in [5.41, 5.74) is 12.5. The maximum Gasteiger partial charge on any atom is 0.0709 e. The fourth-order valence-electron chi connectivity index (χ4n) is 6.66. The van der Waals surface area contributed by atoms with E-state index in [1.54, 1.807) is 0 Å².